The standard InChI is InChI=1S/C14H31N4O3P.C4H10/c1-14(2,3)21-22(19,20)16-13-17(4)11-12-18(13)10-8-6-5-7-9-15;1-4(2)3/h5-12,15H2,1-4H3,(H,19,20);4H,1-3H3. The summed E-state index contributed by atoms with van der Waals surface area (Å²) in [4.78, 5) is 13.9. The topological polar surface area (TPSA) is 91.4 Å². The molecule has 1 saturated heterocycles. The number of rotatable bonds is 8. The Morgan fingerprint density at radius 1 is 1.19 bits per heavy atom. The molecule has 0 saturated carbocycles. The largest absolute Gasteiger partial charge is 0.454 e. The smallest absolute Gasteiger partial charge is 0.344 e. The van der Waals surface area contributed by atoms with Crippen molar-refractivity contribution in [2.24, 2.45) is 16.4 Å². The SMILES string of the molecule is CC(C)C.CN1CCN(CCCCCCN)C1=NP(=O)(O)OC(C)(C)C. The van der Waals surface area contributed by atoms with Crippen molar-refractivity contribution in [3.8, 4) is 0 Å². The first-order valence-corrected chi connectivity index (χ1v) is 11.2. The zero-order valence-electron chi connectivity index (χ0n) is 17.9. The average Bonchev–Trinajstić information content (AvgIpc) is 2.76. The normalized spacial score (nSPS) is 18.9. The lowest BCUT2D eigenvalue weighted by Crippen LogP contribution is -2.32. The molecule has 0 amide bonds. The molecule has 1 fully saturated rings. The summed E-state index contributed by atoms with van der Waals surface area (Å²) in [5, 5.41) is 0. The minimum Gasteiger partial charge on any atom is -0.344 e. The number of nitrogens with zero attached hydrogens (tertiary/aromatic N) is 3. The third-order valence-electron chi connectivity index (χ3n) is 3.32. The fraction of sp³-hybridized carbons (Fsp3) is 0.944. The predicted octanol–water partition coefficient (Wildman–Crippen LogP) is 3.69. The molecule has 1 unspecified atom stereocenters. The number of nitrogens with two attached hydrogens (primary N) is 1. The number of hydrogen-bond acceptors (Lipinski definition) is 3. The summed E-state index contributed by atoms with van der Waals surface area (Å²) in [5.41, 5.74) is 4.77. The Balaban J connectivity index is 0.00000141. The van der Waals surface area contributed by atoms with E-state index in [1.807, 2.05) is 11.9 Å². The Kier molecular flexibility index (Phi) is 11.7. The highest BCUT2D eigenvalue weighted by atomic mass is 31.2. The maximum atomic E-state index is 12.2. The first kappa shape index (κ1) is 25.4. The minimum atomic E-state index is -4.00. The molecule has 0 aromatic rings. The number of unbranched alkanes of at least 4 members (excludes halogenated alkanes) is 3. The van der Waals surface area contributed by atoms with Gasteiger partial charge in [0.2, 0.25) is 5.96 Å². The second-order valence-corrected chi connectivity index (χ2v) is 9.80. The van der Waals surface area contributed by atoms with Gasteiger partial charge in [-0.15, -0.1) is 4.76 Å². The van der Waals surface area contributed by atoms with E-state index in [9.17, 15) is 9.46 Å². The van der Waals surface area contributed by atoms with Crippen molar-refractivity contribution in [1.29, 1.82) is 0 Å². The Bertz CT molecular complexity index is 461. The van der Waals surface area contributed by atoms with E-state index < -0.39 is 13.3 Å². The number of guanidine groups is 1. The van der Waals surface area contributed by atoms with E-state index in [4.69, 9.17) is 10.3 Å². The maximum Gasteiger partial charge on any atom is 0.454 e. The van der Waals surface area contributed by atoms with Crippen LogP contribution in [-0.2, 0) is 9.09 Å². The molecule has 1 atom stereocenters. The molecule has 0 aromatic carbocycles. The number of likely N-dealkylation sites (N-methyl/N-ethyl adjacent to an activating group) is 1. The van der Waals surface area contributed by atoms with Crippen molar-refractivity contribution in [2.45, 2.75) is 72.8 Å². The van der Waals surface area contributed by atoms with Crippen molar-refractivity contribution < 1.29 is 14.0 Å². The van der Waals surface area contributed by atoms with Crippen molar-refractivity contribution >= 4 is 13.7 Å². The maximum absolute atomic E-state index is 12.2. The monoisotopic (exact) mass is 392 g/mol. The Labute approximate surface area is 160 Å². The highest BCUT2D eigenvalue weighted by Gasteiger charge is 2.31. The van der Waals surface area contributed by atoms with E-state index >= 15 is 0 Å². The minimum absolute atomic E-state index is 0.550. The van der Waals surface area contributed by atoms with Gasteiger partial charge in [-0.25, -0.2) is 4.57 Å². The van der Waals surface area contributed by atoms with Gasteiger partial charge in [0.05, 0.1) is 5.60 Å². The summed E-state index contributed by atoms with van der Waals surface area (Å²) in [7, 11) is -2.12. The molecular formula is C18H41N4O3P. The highest BCUT2D eigenvalue weighted by Crippen LogP contribution is 2.48. The molecule has 26 heavy (non-hydrogen) atoms. The molecule has 1 aliphatic rings. The molecule has 1 rings (SSSR count). The molecule has 8 heteroatoms. The number of hydrogen-bond donors (Lipinski definition) is 2. The van der Waals surface area contributed by atoms with Gasteiger partial charge in [-0.05, 0) is 46.1 Å². The Morgan fingerprint density at radius 2 is 1.73 bits per heavy atom. The molecule has 1 aliphatic heterocycles. The van der Waals surface area contributed by atoms with Crippen molar-refractivity contribution in [3.63, 3.8) is 0 Å². The lowest BCUT2D eigenvalue weighted by molar-refractivity contribution is 0.111. The fourth-order valence-electron chi connectivity index (χ4n) is 2.35. The fourth-order valence-corrected chi connectivity index (χ4v) is 3.61. The van der Waals surface area contributed by atoms with Gasteiger partial charge in [0.15, 0.2) is 0 Å². The molecule has 0 aromatic heterocycles. The van der Waals surface area contributed by atoms with Gasteiger partial charge in [0.1, 0.15) is 0 Å². The van der Waals surface area contributed by atoms with Gasteiger partial charge < -0.3 is 20.4 Å². The predicted molar refractivity (Wildman–Crippen MR) is 110 cm³/mol. The molecule has 0 aliphatic carbocycles. The second-order valence-electron chi connectivity index (χ2n) is 8.44. The van der Waals surface area contributed by atoms with Crippen LogP contribution >= 0.6 is 7.75 Å². The summed E-state index contributed by atoms with van der Waals surface area (Å²) in [6.45, 7) is 14.9. The van der Waals surface area contributed by atoms with Crippen LogP contribution in [-0.4, -0.2) is 59.5 Å². The molecule has 7 nitrogen and oxygen atoms in total. The molecule has 3 N–H and O–H groups in total. The van der Waals surface area contributed by atoms with Crippen LogP contribution in [0.3, 0.4) is 0 Å². The van der Waals surface area contributed by atoms with Gasteiger partial charge in [0, 0.05) is 26.7 Å². The van der Waals surface area contributed by atoms with Crippen LogP contribution in [0.1, 0.15) is 67.2 Å². The zero-order valence-corrected chi connectivity index (χ0v) is 18.8. The Hall–Kier alpha value is -0.620. The van der Waals surface area contributed by atoms with Crippen LogP contribution in [0, 0.1) is 5.92 Å². The second kappa shape index (κ2) is 12.0. The zero-order chi connectivity index (χ0) is 20.4. The third kappa shape index (κ3) is 12.7. The summed E-state index contributed by atoms with van der Waals surface area (Å²) in [5.74, 6) is 1.38. The van der Waals surface area contributed by atoms with Gasteiger partial charge in [-0.2, -0.15) is 0 Å². The molecule has 0 radical (unpaired) electrons. The van der Waals surface area contributed by atoms with E-state index in [1.165, 1.54) is 0 Å². The lowest BCUT2D eigenvalue weighted by Gasteiger charge is -2.24. The molecular weight excluding hydrogens is 351 g/mol. The molecule has 0 spiro atoms. The summed E-state index contributed by atoms with van der Waals surface area (Å²) >= 11 is 0. The van der Waals surface area contributed by atoms with Crippen LogP contribution in [0.5, 0.6) is 0 Å². The van der Waals surface area contributed by atoms with Crippen molar-refractivity contribution in [1.82, 2.24) is 9.80 Å². The molecule has 1 heterocycles. The van der Waals surface area contributed by atoms with E-state index in [0.717, 1.165) is 57.8 Å². The van der Waals surface area contributed by atoms with Crippen LogP contribution in [0.2, 0.25) is 0 Å². The lowest BCUT2D eigenvalue weighted by atomic mass is 10.2. The van der Waals surface area contributed by atoms with E-state index in [0.29, 0.717) is 5.96 Å². The van der Waals surface area contributed by atoms with Crippen LogP contribution in [0.25, 0.3) is 0 Å². The highest BCUT2D eigenvalue weighted by molar-refractivity contribution is 7.51. The summed E-state index contributed by atoms with van der Waals surface area (Å²) < 4.78 is 21.4. The quantitative estimate of drug-likeness (QED) is 0.484. The van der Waals surface area contributed by atoms with Gasteiger partial charge in [0.25, 0.3) is 0 Å². The first-order chi connectivity index (χ1) is 11.9. The van der Waals surface area contributed by atoms with Crippen molar-refractivity contribution in [2.75, 3.05) is 33.2 Å². The van der Waals surface area contributed by atoms with E-state index in [2.05, 4.69) is 30.4 Å². The average molecular weight is 393 g/mol. The summed E-state index contributed by atoms with van der Waals surface area (Å²) in [6, 6.07) is 0. The third-order valence-corrected chi connectivity index (χ3v) is 4.54. The Morgan fingerprint density at radius 3 is 2.23 bits per heavy atom. The van der Waals surface area contributed by atoms with E-state index in [1.54, 1.807) is 20.8 Å². The summed E-state index contributed by atoms with van der Waals surface area (Å²) in [6.07, 6.45) is 4.31. The van der Waals surface area contributed by atoms with Crippen LogP contribution < -0.4 is 5.73 Å². The first-order valence-electron chi connectivity index (χ1n) is 9.68. The molecule has 156 valence electrons. The van der Waals surface area contributed by atoms with Gasteiger partial charge >= 0.3 is 7.75 Å². The van der Waals surface area contributed by atoms with Gasteiger partial charge in [-0.1, -0.05) is 33.6 Å². The van der Waals surface area contributed by atoms with E-state index in [-0.39, 0.29) is 0 Å². The van der Waals surface area contributed by atoms with Crippen LogP contribution in [0.15, 0.2) is 4.76 Å². The molecule has 0 bridgehead atoms. The van der Waals surface area contributed by atoms with Gasteiger partial charge in [-0.3, -0.25) is 4.52 Å². The van der Waals surface area contributed by atoms with Crippen LogP contribution in [0.4, 0.5) is 0 Å². The van der Waals surface area contributed by atoms with Crippen molar-refractivity contribution in [3.05, 3.63) is 0 Å².